The zero-order valence-corrected chi connectivity index (χ0v) is 13.1. The van der Waals surface area contributed by atoms with Gasteiger partial charge in [0, 0.05) is 23.7 Å². The lowest BCUT2D eigenvalue weighted by molar-refractivity contribution is 0.357. The molecule has 0 unspecified atom stereocenters. The summed E-state index contributed by atoms with van der Waals surface area (Å²) in [4.78, 5) is 1.98. The van der Waals surface area contributed by atoms with Gasteiger partial charge in [-0.25, -0.2) is 0 Å². The molecule has 5 nitrogen and oxygen atoms in total. The summed E-state index contributed by atoms with van der Waals surface area (Å²) in [5, 5.41) is 29.1. The van der Waals surface area contributed by atoms with Crippen LogP contribution in [0.25, 0.3) is 11.6 Å². The second kappa shape index (κ2) is 5.85. The number of aromatic hydroxyl groups is 3. The van der Waals surface area contributed by atoms with Crippen LogP contribution in [0.2, 0.25) is 0 Å². The monoisotopic (exact) mass is 313 g/mol. The molecule has 0 amide bonds. The number of nitrogens with zero attached hydrogens (tertiary/aromatic N) is 1. The van der Waals surface area contributed by atoms with E-state index in [1.807, 2.05) is 31.1 Å². The van der Waals surface area contributed by atoms with Crippen molar-refractivity contribution in [1.29, 1.82) is 0 Å². The fourth-order valence-electron chi connectivity index (χ4n) is 2.61. The van der Waals surface area contributed by atoms with E-state index in [1.165, 1.54) is 12.1 Å². The molecule has 0 bridgehead atoms. The highest BCUT2D eigenvalue weighted by molar-refractivity contribution is 5.86. The summed E-state index contributed by atoms with van der Waals surface area (Å²) >= 11 is 0. The smallest absolute Gasteiger partial charge is 0.158 e. The summed E-state index contributed by atoms with van der Waals surface area (Å²) in [5.41, 5.74) is 3.39. The van der Waals surface area contributed by atoms with E-state index in [4.69, 9.17) is 4.74 Å². The van der Waals surface area contributed by atoms with Crippen LogP contribution in [0, 0.1) is 0 Å². The van der Waals surface area contributed by atoms with Crippen LogP contribution in [0.3, 0.4) is 0 Å². The molecule has 0 fully saturated rings. The third kappa shape index (κ3) is 3.10. The van der Waals surface area contributed by atoms with E-state index in [-0.39, 0.29) is 17.2 Å². The van der Waals surface area contributed by atoms with E-state index in [1.54, 1.807) is 12.1 Å². The standard InChI is InChI=1S/C18H19NO4/c1-19(2)9-13-5-12-6-14(10-23-18(12)8-16(13)21)11-3-4-15(20)17(22)7-11/h3-8,20-22H,9-10H2,1-2H3. The van der Waals surface area contributed by atoms with Crippen LogP contribution < -0.4 is 4.74 Å². The molecule has 0 atom stereocenters. The van der Waals surface area contributed by atoms with Gasteiger partial charge in [-0.3, -0.25) is 0 Å². The normalized spacial score (nSPS) is 13.4. The predicted molar refractivity (Wildman–Crippen MR) is 88.6 cm³/mol. The van der Waals surface area contributed by atoms with Gasteiger partial charge in [0.1, 0.15) is 18.1 Å². The van der Waals surface area contributed by atoms with Crippen molar-refractivity contribution in [3.05, 3.63) is 47.0 Å². The fourth-order valence-corrected chi connectivity index (χ4v) is 2.61. The number of rotatable bonds is 3. The zero-order chi connectivity index (χ0) is 16.6. The summed E-state index contributed by atoms with van der Waals surface area (Å²) in [5.74, 6) is 0.547. The van der Waals surface area contributed by atoms with Gasteiger partial charge in [0.15, 0.2) is 11.5 Å². The molecule has 2 aromatic carbocycles. The maximum absolute atomic E-state index is 10.1. The Morgan fingerprint density at radius 3 is 2.48 bits per heavy atom. The summed E-state index contributed by atoms with van der Waals surface area (Å²) in [7, 11) is 3.88. The molecule has 0 aromatic heterocycles. The van der Waals surface area contributed by atoms with Gasteiger partial charge < -0.3 is 25.0 Å². The second-order valence-electron chi connectivity index (χ2n) is 5.92. The topological polar surface area (TPSA) is 73.2 Å². The first-order valence-electron chi connectivity index (χ1n) is 7.30. The zero-order valence-electron chi connectivity index (χ0n) is 13.1. The van der Waals surface area contributed by atoms with E-state index < -0.39 is 0 Å². The minimum absolute atomic E-state index is 0.148. The first-order valence-corrected chi connectivity index (χ1v) is 7.30. The van der Waals surface area contributed by atoms with Crippen LogP contribution in [0.15, 0.2) is 30.3 Å². The number of phenols is 3. The van der Waals surface area contributed by atoms with Crippen molar-refractivity contribution in [2.24, 2.45) is 0 Å². The minimum Gasteiger partial charge on any atom is -0.507 e. The van der Waals surface area contributed by atoms with Gasteiger partial charge in [-0.2, -0.15) is 0 Å². The molecule has 1 aliphatic heterocycles. The summed E-state index contributed by atoms with van der Waals surface area (Å²) in [6.45, 7) is 0.964. The van der Waals surface area contributed by atoms with Crippen molar-refractivity contribution >= 4 is 11.6 Å². The van der Waals surface area contributed by atoms with Crippen LogP contribution in [0.1, 0.15) is 16.7 Å². The number of benzene rings is 2. The van der Waals surface area contributed by atoms with Crippen LogP contribution in [0.5, 0.6) is 23.0 Å². The molecule has 1 aliphatic rings. The molecule has 0 aliphatic carbocycles. The molecule has 0 spiro atoms. The van der Waals surface area contributed by atoms with Crippen LogP contribution in [0.4, 0.5) is 0 Å². The third-order valence-corrected chi connectivity index (χ3v) is 3.76. The fraction of sp³-hybridized carbons (Fsp3) is 0.222. The largest absolute Gasteiger partial charge is 0.507 e. The lowest BCUT2D eigenvalue weighted by atomic mass is 9.98. The maximum Gasteiger partial charge on any atom is 0.158 e. The second-order valence-corrected chi connectivity index (χ2v) is 5.92. The van der Waals surface area contributed by atoms with E-state index in [9.17, 15) is 15.3 Å². The number of phenolic OH excluding ortho intramolecular Hbond substituents is 3. The molecule has 3 N–H and O–H groups in total. The maximum atomic E-state index is 10.1. The Morgan fingerprint density at radius 1 is 1.00 bits per heavy atom. The minimum atomic E-state index is -0.159. The van der Waals surface area contributed by atoms with Crippen molar-refractivity contribution in [3.8, 4) is 23.0 Å². The Labute approximate surface area is 134 Å². The molecular weight excluding hydrogens is 294 g/mol. The van der Waals surface area contributed by atoms with Crippen LogP contribution in [-0.2, 0) is 6.54 Å². The molecule has 120 valence electrons. The van der Waals surface area contributed by atoms with Crippen molar-refractivity contribution in [2.45, 2.75) is 6.54 Å². The molecular formula is C18H19NO4. The first kappa shape index (κ1) is 15.2. The summed E-state index contributed by atoms with van der Waals surface area (Å²) in [6.07, 6.45) is 1.98. The van der Waals surface area contributed by atoms with Gasteiger partial charge in [0.05, 0.1) is 0 Å². The Balaban J connectivity index is 2.00. The highest BCUT2D eigenvalue weighted by atomic mass is 16.5. The average Bonchev–Trinajstić information content (AvgIpc) is 2.50. The predicted octanol–water partition coefficient (Wildman–Crippen LogP) is 2.80. The van der Waals surface area contributed by atoms with Gasteiger partial charge in [0.25, 0.3) is 0 Å². The van der Waals surface area contributed by atoms with Gasteiger partial charge in [-0.1, -0.05) is 6.07 Å². The SMILES string of the molecule is CN(C)Cc1cc2c(cc1O)OCC(c1ccc(O)c(O)c1)=C2. The number of hydrogen-bond acceptors (Lipinski definition) is 5. The van der Waals surface area contributed by atoms with Crippen LogP contribution in [-0.4, -0.2) is 40.9 Å². The van der Waals surface area contributed by atoms with Crippen molar-refractivity contribution < 1.29 is 20.1 Å². The van der Waals surface area contributed by atoms with Gasteiger partial charge in [-0.05, 0) is 49.5 Å². The number of ether oxygens (including phenoxy) is 1. The quantitative estimate of drug-likeness (QED) is 0.760. The van der Waals surface area contributed by atoms with E-state index in [0.29, 0.717) is 18.9 Å². The Kier molecular flexibility index (Phi) is 3.88. The molecule has 0 saturated carbocycles. The lowest BCUT2D eigenvalue weighted by Crippen LogP contribution is -2.12. The molecule has 1 heterocycles. The van der Waals surface area contributed by atoms with Crippen LogP contribution >= 0.6 is 0 Å². The molecule has 23 heavy (non-hydrogen) atoms. The Morgan fingerprint density at radius 2 is 1.78 bits per heavy atom. The molecule has 5 heteroatoms. The van der Waals surface area contributed by atoms with Crippen molar-refractivity contribution in [2.75, 3.05) is 20.7 Å². The summed E-state index contributed by atoms with van der Waals surface area (Å²) < 4.78 is 5.72. The number of fused-ring (bicyclic) bond motifs is 1. The van der Waals surface area contributed by atoms with E-state index in [0.717, 1.165) is 22.3 Å². The summed E-state index contributed by atoms with van der Waals surface area (Å²) in [6, 6.07) is 8.24. The highest BCUT2D eigenvalue weighted by Gasteiger charge is 2.17. The highest BCUT2D eigenvalue weighted by Crippen LogP contribution is 2.37. The molecule has 3 rings (SSSR count). The average molecular weight is 313 g/mol. The first-order chi connectivity index (χ1) is 10.9. The Hall–Kier alpha value is -2.66. The third-order valence-electron chi connectivity index (χ3n) is 3.76. The van der Waals surface area contributed by atoms with E-state index >= 15 is 0 Å². The molecule has 0 radical (unpaired) electrons. The lowest BCUT2D eigenvalue weighted by Gasteiger charge is -2.21. The van der Waals surface area contributed by atoms with Gasteiger partial charge in [-0.15, -0.1) is 0 Å². The van der Waals surface area contributed by atoms with Gasteiger partial charge >= 0.3 is 0 Å². The molecule has 2 aromatic rings. The number of hydrogen-bond donors (Lipinski definition) is 3. The molecule has 0 saturated heterocycles. The Bertz CT molecular complexity index is 781. The van der Waals surface area contributed by atoms with E-state index in [2.05, 4.69) is 0 Å². The van der Waals surface area contributed by atoms with Crippen molar-refractivity contribution in [3.63, 3.8) is 0 Å². The van der Waals surface area contributed by atoms with Gasteiger partial charge in [0.2, 0.25) is 0 Å². The van der Waals surface area contributed by atoms with Crippen molar-refractivity contribution in [1.82, 2.24) is 4.90 Å².